The standard InChI is InChI=1S/C18H21N3O2S2/c1-2-14-17(22)21(18(24)25-14)12-8-4-7-11-15-19-20-16(23-15)13-9-5-3-6-10-13/h3,5-6,9-10,14H,2,4,7-8,11-12H2,1H3. The minimum absolute atomic E-state index is 0.0160. The Morgan fingerprint density at radius 3 is 2.72 bits per heavy atom. The van der Waals surface area contributed by atoms with Crippen LogP contribution in [0.5, 0.6) is 0 Å². The van der Waals surface area contributed by atoms with E-state index in [0.717, 1.165) is 42.0 Å². The molecule has 1 amide bonds. The highest BCUT2D eigenvalue weighted by atomic mass is 32.2. The van der Waals surface area contributed by atoms with Crippen LogP contribution in [0.2, 0.25) is 0 Å². The lowest BCUT2D eigenvalue weighted by atomic mass is 10.2. The molecule has 1 aromatic carbocycles. The zero-order chi connectivity index (χ0) is 17.6. The van der Waals surface area contributed by atoms with Crippen LogP contribution in [0, 0.1) is 0 Å². The summed E-state index contributed by atoms with van der Waals surface area (Å²) < 4.78 is 6.42. The highest BCUT2D eigenvalue weighted by Crippen LogP contribution is 2.29. The molecule has 0 saturated carbocycles. The van der Waals surface area contributed by atoms with Crippen LogP contribution >= 0.6 is 24.0 Å². The summed E-state index contributed by atoms with van der Waals surface area (Å²) >= 11 is 6.82. The van der Waals surface area contributed by atoms with Crippen LogP contribution in [0.4, 0.5) is 0 Å². The van der Waals surface area contributed by atoms with Crippen molar-refractivity contribution in [3.05, 3.63) is 36.2 Å². The molecular weight excluding hydrogens is 354 g/mol. The first-order valence-electron chi connectivity index (χ1n) is 8.59. The first-order chi connectivity index (χ1) is 12.2. The number of unbranched alkanes of at least 4 members (excludes halogenated alkanes) is 2. The topological polar surface area (TPSA) is 59.2 Å². The minimum atomic E-state index is 0.0160. The Morgan fingerprint density at radius 2 is 2.00 bits per heavy atom. The predicted molar refractivity (Wildman–Crippen MR) is 103 cm³/mol. The Hall–Kier alpha value is -1.73. The molecule has 2 heterocycles. The third-order valence-corrected chi connectivity index (χ3v) is 5.89. The van der Waals surface area contributed by atoms with E-state index in [9.17, 15) is 4.79 Å². The molecule has 132 valence electrons. The van der Waals surface area contributed by atoms with Crippen LogP contribution in [-0.4, -0.2) is 37.1 Å². The molecule has 1 fully saturated rings. The smallest absolute Gasteiger partial charge is 0.247 e. The molecule has 1 aliphatic rings. The van der Waals surface area contributed by atoms with Crippen molar-refractivity contribution in [3.8, 4) is 11.5 Å². The molecule has 1 saturated heterocycles. The second-order valence-electron chi connectivity index (χ2n) is 5.95. The molecule has 0 radical (unpaired) electrons. The van der Waals surface area contributed by atoms with Crippen molar-refractivity contribution in [2.75, 3.05) is 6.54 Å². The van der Waals surface area contributed by atoms with Crippen molar-refractivity contribution in [2.45, 2.75) is 44.3 Å². The molecule has 0 aliphatic carbocycles. The van der Waals surface area contributed by atoms with Crippen LogP contribution in [0.15, 0.2) is 34.7 Å². The van der Waals surface area contributed by atoms with Crippen molar-refractivity contribution < 1.29 is 9.21 Å². The molecule has 0 bridgehead atoms. The zero-order valence-corrected chi connectivity index (χ0v) is 15.8. The number of thioether (sulfide) groups is 1. The number of thiocarbonyl (C=S) groups is 1. The number of hydrogen-bond acceptors (Lipinski definition) is 6. The van der Waals surface area contributed by atoms with E-state index < -0.39 is 0 Å². The highest BCUT2D eigenvalue weighted by molar-refractivity contribution is 8.24. The fourth-order valence-corrected chi connectivity index (χ4v) is 4.21. The third kappa shape index (κ3) is 4.46. The summed E-state index contributed by atoms with van der Waals surface area (Å²) in [6, 6.07) is 9.76. The van der Waals surface area contributed by atoms with Gasteiger partial charge in [-0.2, -0.15) is 0 Å². The second-order valence-corrected chi connectivity index (χ2v) is 7.78. The molecule has 25 heavy (non-hydrogen) atoms. The van der Waals surface area contributed by atoms with E-state index in [1.165, 1.54) is 11.8 Å². The number of benzene rings is 1. The lowest BCUT2D eigenvalue weighted by Crippen LogP contribution is -2.32. The molecule has 7 heteroatoms. The number of hydrogen-bond donors (Lipinski definition) is 0. The largest absolute Gasteiger partial charge is 0.421 e. The molecule has 2 aromatic rings. The fraction of sp³-hybridized carbons (Fsp3) is 0.444. The molecule has 3 rings (SSSR count). The van der Waals surface area contributed by atoms with E-state index in [1.807, 2.05) is 37.3 Å². The fourth-order valence-electron chi connectivity index (χ4n) is 2.73. The summed E-state index contributed by atoms with van der Waals surface area (Å²) in [5.41, 5.74) is 0.935. The lowest BCUT2D eigenvalue weighted by molar-refractivity contribution is -0.126. The van der Waals surface area contributed by atoms with Gasteiger partial charge < -0.3 is 4.42 Å². The van der Waals surface area contributed by atoms with Crippen LogP contribution in [0.3, 0.4) is 0 Å². The molecule has 1 unspecified atom stereocenters. The van der Waals surface area contributed by atoms with Crippen LogP contribution in [0.25, 0.3) is 11.5 Å². The van der Waals surface area contributed by atoms with Gasteiger partial charge in [-0.3, -0.25) is 9.69 Å². The summed E-state index contributed by atoms with van der Waals surface area (Å²) in [6.07, 6.45) is 4.47. The van der Waals surface area contributed by atoms with Gasteiger partial charge in [-0.15, -0.1) is 10.2 Å². The van der Waals surface area contributed by atoms with Crippen molar-refractivity contribution in [2.24, 2.45) is 0 Å². The van der Waals surface area contributed by atoms with E-state index in [4.69, 9.17) is 16.6 Å². The molecular formula is C18H21N3O2S2. The SMILES string of the molecule is CCC1SC(=S)N(CCCCCc2nnc(-c3ccccc3)o2)C1=O. The quantitative estimate of drug-likeness (QED) is 0.512. The minimum Gasteiger partial charge on any atom is -0.421 e. The van der Waals surface area contributed by atoms with Gasteiger partial charge in [0.1, 0.15) is 4.32 Å². The Balaban J connectivity index is 1.40. The molecule has 5 nitrogen and oxygen atoms in total. The van der Waals surface area contributed by atoms with Crippen LogP contribution in [0.1, 0.15) is 38.5 Å². The molecule has 1 aliphatic heterocycles. The number of aryl methyl sites for hydroxylation is 1. The first kappa shape index (κ1) is 18.1. The van der Waals surface area contributed by atoms with Gasteiger partial charge in [-0.05, 0) is 31.4 Å². The normalized spacial score (nSPS) is 17.5. The number of rotatable bonds is 8. The van der Waals surface area contributed by atoms with Gasteiger partial charge in [-0.25, -0.2) is 0 Å². The summed E-state index contributed by atoms with van der Waals surface area (Å²) in [7, 11) is 0. The van der Waals surface area contributed by atoms with Gasteiger partial charge in [0.05, 0.1) is 5.25 Å². The Morgan fingerprint density at radius 1 is 1.20 bits per heavy atom. The van der Waals surface area contributed by atoms with Gasteiger partial charge in [0.15, 0.2) is 0 Å². The summed E-state index contributed by atoms with van der Waals surface area (Å²) in [5.74, 6) is 1.39. The van der Waals surface area contributed by atoms with Gasteiger partial charge in [-0.1, -0.05) is 55.5 Å². The number of nitrogens with zero attached hydrogens (tertiary/aromatic N) is 3. The Bertz CT molecular complexity index is 733. The van der Waals surface area contributed by atoms with E-state index >= 15 is 0 Å². The molecule has 1 atom stereocenters. The maximum atomic E-state index is 12.2. The first-order valence-corrected chi connectivity index (χ1v) is 9.87. The number of carbonyl (C=O) groups is 1. The maximum absolute atomic E-state index is 12.2. The third-order valence-electron chi connectivity index (χ3n) is 4.14. The van der Waals surface area contributed by atoms with E-state index in [1.54, 1.807) is 4.90 Å². The van der Waals surface area contributed by atoms with Gasteiger partial charge in [0.25, 0.3) is 0 Å². The number of amides is 1. The average Bonchev–Trinajstić information content (AvgIpc) is 3.21. The van der Waals surface area contributed by atoms with Crippen molar-refractivity contribution in [1.82, 2.24) is 15.1 Å². The van der Waals surface area contributed by atoms with E-state index in [0.29, 0.717) is 18.3 Å². The summed E-state index contributed by atoms with van der Waals surface area (Å²) in [4.78, 5) is 13.9. The van der Waals surface area contributed by atoms with Crippen molar-refractivity contribution >= 4 is 34.2 Å². The van der Waals surface area contributed by atoms with Gasteiger partial charge in [0, 0.05) is 18.5 Å². The molecule has 0 N–H and O–H groups in total. The monoisotopic (exact) mass is 375 g/mol. The lowest BCUT2D eigenvalue weighted by Gasteiger charge is -2.14. The maximum Gasteiger partial charge on any atom is 0.247 e. The number of carbonyl (C=O) groups excluding carboxylic acids is 1. The predicted octanol–water partition coefficient (Wildman–Crippen LogP) is 4.09. The Labute approximate surface area is 157 Å². The van der Waals surface area contributed by atoms with Crippen LogP contribution in [-0.2, 0) is 11.2 Å². The van der Waals surface area contributed by atoms with Crippen molar-refractivity contribution in [1.29, 1.82) is 0 Å². The van der Waals surface area contributed by atoms with Gasteiger partial charge >= 0.3 is 0 Å². The average molecular weight is 376 g/mol. The van der Waals surface area contributed by atoms with E-state index in [-0.39, 0.29) is 11.2 Å². The van der Waals surface area contributed by atoms with Gasteiger partial charge in [0.2, 0.25) is 17.7 Å². The molecule has 1 aromatic heterocycles. The number of aromatic nitrogens is 2. The van der Waals surface area contributed by atoms with Crippen molar-refractivity contribution in [3.63, 3.8) is 0 Å². The second kappa shape index (κ2) is 8.58. The Kier molecular flexibility index (Phi) is 6.20. The van der Waals surface area contributed by atoms with Crippen LogP contribution < -0.4 is 0 Å². The molecule has 0 spiro atoms. The summed E-state index contributed by atoms with van der Waals surface area (Å²) in [5, 5.41) is 8.22. The van der Waals surface area contributed by atoms with E-state index in [2.05, 4.69) is 10.2 Å². The summed E-state index contributed by atoms with van der Waals surface area (Å²) in [6.45, 7) is 2.73. The zero-order valence-electron chi connectivity index (χ0n) is 14.2. The highest BCUT2D eigenvalue weighted by Gasteiger charge is 2.34.